The summed E-state index contributed by atoms with van der Waals surface area (Å²) in [6.07, 6.45) is 2.28. The molecule has 4 heteroatoms. The van der Waals surface area contributed by atoms with Crippen LogP contribution in [0.2, 0.25) is 0 Å². The third-order valence-corrected chi connectivity index (χ3v) is 0.901. The molecule has 66 valence electrons. The second-order valence-electron chi connectivity index (χ2n) is 2.38. The minimum Gasteiger partial charge on any atom is -1.00 e. The van der Waals surface area contributed by atoms with Crippen molar-refractivity contribution in [1.82, 2.24) is 4.90 Å². The van der Waals surface area contributed by atoms with E-state index in [1.165, 1.54) is 6.42 Å². The monoisotopic (exact) mass is 161 g/mol. The van der Waals surface area contributed by atoms with Gasteiger partial charge in [-0.05, 0) is 14.1 Å². The van der Waals surface area contributed by atoms with Crippen molar-refractivity contribution in [3.05, 3.63) is 6.92 Å². The van der Waals surface area contributed by atoms with Gasteiger partial charge in [-0.1, -0.05) is 13.3 Å². The standard InChI is InChI=1S/C4H11NO.C4H9.2Li.H/c1-5(2)3-4-6;1-3-4-2;;;/h6H,3-4H2,1-2H3;1,3-4H2,2H3;;;/q;-1;2*+1;-1. The Balaban J connectivity index is -0.0000000279. The topological polar surface area (TPSA) is 23.5 Å². The van der Waals surface area contributed by atoms with Gasteiger partial charge in [0.05, 0.1) is 6.61 Å². The summed E-state index contributed by atoms with van der Waals surface area (Å²) >= 11 is 0. The van der Waals surface area contributed by atoms with Crippen LogP contribution in [0.4, 0.5) is 0 Å². The molecule has 0 aromatic rings. The summed E-state index contributed by atoms with van der Waals surface area (Å²) in [5, 5.41) is 8.20. The Kier molecular flexibility index (Phi) is 43.9. The van der Waals surface area contributed by atoms with Gasteiger partial charge in [0.25, 0.3) is 0 Å². The summed E-state index contributed by atoms with van der Waals surface area (Å²) in [5.74, 6) is 0. The van der Waals surface area contributed by atoms with E-state index in [2.05, 4.69) is 13.8 Å². The molecule has 2 nitrogen and oxygen atoms in total. The molecule has 0 spiro atoms. The molecule has 0 bridgehead atoms. The molecule has 0 aliphatic rings. The molecule has 0 aromatic heterocycles. The van der Waals surface area contributed by atoms with Gasteiger partial charge in [-0.2, -0.15) is 6.42 Å². The fraction of sp³-hybridized carbons (Fsp3) is 0.875. The van der Waals surface area contributed by atoms with E-state index >= 15 is 0 Å². The SMILES string of the molecule is CN(C)CCO.[CH2-]CCC.[H-].[Li+].[Li+]. The van der Waals surface area contributed by atoms with Crippen LogP contribution >= 0.6 is 0 Å². The van der Waals surface area contributed by atoms with Gasteiger partial charge < -0.3 is 18.4 Å². The molecule has 0 unspecified atom stereocenters. The Hall–Kier alpha value is 1.11. The Bertz CT molecular complexity index is 57.4. The van der Waals surface area contributed by atoms with Crippen LogP contribution in [0.3, 0.4) is 0 Å². The average Bonchev–Trinajstić information content (AvgIpc) is 1.89. The van der Waals surface area contributed by atoms with Gasteiger partial charge in [0.1, 0.15) is 0 Å². The summed E-state index contributed by atoms with van der Waals surface area (Å²) in [7, 11) is 3.85. The van der Waals surface area contributed by atoms with Crippen molar-refractivity contribution in [3.8, 4) is 0 Å². The van der Waals surface area contributed by atoms with Crippen LogP contribution in [0.25, 0.3) is 0 Å². The number of hydrogen-bond acceptors (Lipinski definition) is 2. The average molecular weight is 161 g/mol. The molecular formula is C8H21Li2NO. The molecule has 0 heterocycles. The first-order valence-corrected chi connectivity index (χ1v) is 3.73. The second-order valence-corrected chi connectivity index (χ2v) is 2.38. The van der Waals surface area contributed by atoms with Gasteiger partial charge in [-0.3, -0.25) is 0 Å². The van der Waals surface area contributed by atoms with Crippen LogP contribution in [-0.2, 0) is 0 Å². The molecule has 0 fully saturated rings. The molecule has 0 amide bonds. The van der Waals surface area contributed by atoms with E-state index in [-0.39, 0.29) is 45.8 Å². The van der Waals surface area contributed by atoms with E-state index < -0.39 is 0 Å². The predicted octanol–water partition coefficient (Wildman–Crippen LogP) is -4.72. The molecule has 0 aliphatic heterocycles. The van der Waals surface area contributed by atoms with Gasteiger partial charge in [-0.15, -0.1) is 0 Å². The Morgan fingerprint density at radius 2 is 1.67 bits per heavy atom. The van der Waals surface area contributed by atoms with Gasteiger partial charge in [0.15, 0.2) is 0 Å². The normalized spacial score (nSPS) is 7.50. The van der Waals surface area contributed by atoms with Gasteiger partial charge in [0, 0.05) is 6.54 Å². The second kappa shape index (κ2) is 22.7. The zero-order valence-corrected chi connectivity index (χ0v) is 9.43. The van der Waals surface area contributed by atoms with Gasteiger partial charge in [0.2, 0.25) is 0 Å². The molecule has 0 atom stereocenters. The quantitative estimate of drug-likeness (QED) is 0.332. The van der Waals surface area contributed by atoms with Gasteiger partial charge >= 0.3 is 37.7 Å². The minimum atomic E-state index is 0. The molecule has 0 saturated carbocycles. The first kappa shape index (κ1) is 23.2. The fourth-order valence-electron chi connectivity index (χ4n) is 0.200. The molecular weight excluding hydrogens is 140 g/mol. The summed E-state index contributed by atoms with van der Waals surface area (Å²) in [6, 6.07) is 0. The van der Waals surface area contributed by atoms with Crippen LogP contribution < -0.4 is 37.7 Å². The number of aliphatic hydroxyl groups is 1. The summed E-state index contributed by atoms with van der Waals surface area (Å²) in [6.45, 7) is 6.74. The van der Waals surface area contributed by atoms with Gasteiger partial charge in [-0.25, -0.2) is 0 Å². The molecule has 1 N–H and O–H groups in total. The molecule has 0 aliphatic carbocycles. The number of hydrogen-bond donors (Lipinski definition) is 1. The van der Waals surface area contributed by atoms with Crippen molar-refractivity contribution in [2.45, 2.75) is 19.8 Å². The van der Waals surface area contributed by atoms with Crippen molar-refractivity contribution < 1.29 is 44.3 Å². The van der Waals surface area contributed by atoms with E-state index in [1.54, 1.807) is 0 Å². The van der Waals surface area contributed by atoms with Crippen molar-refractivity contribution in [2.24, 2.45) is 0 Å². The first-order valence-electron chi connectivity index (χ1n) is 3.73. The number of likely N-dealkylation sites (N-methyl/N-ethyl adjacent to an activating group) is 1. The minimum absolute atomic E-state index is 0. The van der Waals surface area contributed by atoms with E-state index in [0.29, 0.717) is 0 Å². The zero-order chi connectivity index (χ0) is 8.41. The van der Waals surface area contributed by atoms with Crippen LogP contribution in [-0.4, -0.2) is 37.3 Å². The van der Waals surface area contributed by atoms with Crippen molar-refractivity contribution in [2.75, 3.05) is 27.2 Å². The Morgan fingerprint density at radius 3 is 1.67 bits per heavy atom. The maximum Gasteiger partial charge on any atom is 1.00 e. The Morgan fingerprint density at radius 1 is 1.33 bits per heavy atom. The number of aliphatic hydroxyl groups excluding tert-OH is 1. The largest absolute Gasteiger partial charge is 1.00 e. The molecule has 0 rings (SSSR count). The summed E-state index contributed by atoms with van der Waals surface area (Å²) in [5.41, 5.74) is 0. The summed E-state index contributed by atoms with van der Waals surface area (Å²) in [4.78, 5) is 1.93. The zero-order valence-electron chi connectivity index (χ0n) is 10.4. The van der Waals surface area contributed by atoms with Crippen LogP contribution in [0.1, 0.15) is 21.2 Å². The smallest absolute Gasteiger partial charge is 1.00 e. The third kappa shape index (κ3) is 43.5. The first-order chi connectivity index (χ1) is 4.68. The van der Waals surface area contributed by atoms with Crippen LogP contribution in [0.5, 0.6) is 0 Å². The van der Waals surface area contributed by atoms with Crippen LogP contribution in [0, 0.1) is 6.92 Å². The van der Waals surface area contributed by atoms with Crippen molar-refractivity contribution in [3.63, 3.8) is 0 Å². The van der Waals surface area contributed by atoms with Crippen LogP contribution in [0.15, 0.2) is 0 Å². The molecule has 12 heavy (non-hydrogen) atoms. The van der Waals surface area contributed by atoms with Crippen molar-refractivity contribution in [1.29, 1.82) is 0 Å². The van der Waals surface area contributed by atoms with E-state index in [1.807, 2.05) is 19.0 Å². The molecule has 0 aromatic carbocycles. The fourth-order valence-corrected chi connectivity index (χ4v) is 0.200. The molecule has 0 radical (unpaired) electrons. The van der Waals surface area contributed by atoms with E-state index in [4.69, 9.17) is 5.11 Å². The maximum absolute atomic E-state index is 8.20. The van der Waals surface area contributed by atoms with E-state index in [0.717, 1.165) is 13.0 Å². The number of unbranched alkanes of at least 4 members (excludes halogenated alkanes) is 1. The number of rotatable bonds is 3. The maximum atomic E-state index is 8.20. The van der Waals surface area contributed by atoms with Crippen molar-refractivity contribution >= 4 is 0 Å². The third-order valence-electron chi connectivity index (χ3n) is 0.901. The molecule has 0 saturated heterocycles. The van der Waals surface area contributed by atoms with E-state index in [9.17, 15) is 0 Å². The summed E-state index contributed by atoms with van der Waals surface area (Å²) < 4.78 is 0. The Labute approximate surface area is 103 Å². The predicted molar refractivity (Wildman–Crippen MR) is 47.0 cm³/mol. The number of nitrogens with zero attached hydrogens (tertiary/aromatic N) is 1.